The second kappa shape index (κ2) is 11.4. The SMILES string of the molecule is Cc1cc(C)c(-n2cc[n+](C[P@@](=O)(c3ccccc3)C(C)(C)C)c2)c(C)c1.Cc1ccc(S(=O)(=O)O)cc1. The monoisotopic (exact) mass is 553 g/mol. The molecule has 0 amide bonds. The van der Waals surface area contributed by atoms with Gasteiger partial charge in [0.25, 0.3) is 10.1 Å². The Bertz CT molecular complexity index is 1530. The molecule has 0 spiro atoms. The molecule has 0 fully saturated rings. The Morgan fingerprint density at radius 2 is 1.42 bits per heavy atom. The Labute approximate surface area is 227 Å². The topological polar surface area (TPSA) is 80.2 Å². The average Bonchev–Trinajstić information content (AvgIpc) is 3.26. The maximum Gasteiger partial charge on any atom is 0.294 e. The molecule has 3 aromatic carbocycles. The molecule has 0 aliphatic carbocycles. The lowest BCUT2D eigenvalue weighted by Crippen LogP contribution is -2.38. The van der Waals surface area contributed by atoms with Crippen LogP contribution in [0.1, 0.15) is 43.0 Å². The molecule has 0 saturated carbocycles. The van der Waals surface area contributed by atoms with Crippen LogP contribution in [0.4, 0.5) is 0 Å². The van der Waals surface area contributed by atoms with Crippen LogP contribution in [-0.2, 0) is 21.0 Å². The van der Waals surface area contributed by atoms with Crippen LogP contribution in [0.2, 0.25) is 0 Å². The van der Waals surface area contributed by atoms with Gasteiger partial charge >= 0.3 is 0 Å². The maximum atomic E-state index is 14.1. The second-order valence-corrected chi connectivity index (χ2v) is 15.8. The molecule has 4 rings (SSSR count). The van der Waals surface area contributed by atoms with Gasteiger partial charge in [-0.15, -0.1) is 0 Å². The van der Waals surface area contributed by atoms with Gasteiger partial charge in [-0.05, 0) is 51.0 Å². The predicted octanol–water partition coefficient (Wildman–Crippen LogP) is 6.38. The molecule has 1 aromatic heterocycles. The fourth-order valence-corrected chi connectivity index (χ4v) is 7.60. The first-order chi connectivity index (χ1) is 17.6. The van der Waals surface area contributed by atoms with Crippen LogP contribution in [0.15, 0.2) is 90.3 Å². The second-order valence-electron chi connectivity index (χ2n) is 10.8. The number of nitrogens with zero attached hydrogens (tertiary/aromatic N) is 2. The van der Waals surface area contributed by atoms with Crippen LogP contribution < -0.4 is 9.87 Å². The molecule has 0 radical (unpaired) electrons. The van der Waals surface area contributed by atoms with Crippen molar-refractivity contribution in [3.63, 3.8) is 0 Å². The average molecular weight is 554 g/mol. The predicted molar refractivity (Wildman–Crippen MR) is 155 cm³/mol. The van der Waals surface area contributed by atoms with Crippen LogP contribution in [0.25, 0.3) is 5.69 Å². The minimum Gasteiger partial charge on any atom is -0.314 e. The van der Waals surface area contributed by atoms with E-state index in [9.17, 15) is 13.0 Å². The summed E-state index contributed by atoms with van der Waals surface area (Å²) in [6.45, 7) is 14.5. The molecule has 0 aliphatic rings. The van der Waals surface area contributed by atoms with Crippen molar-refractivity contribution in [2.75, 3.05) is 0 Å². The first-order valence-corrected chi connectivity index (χ1v) is 15.8. The van der Waals surface area contributed by atoms with Gasteiger partial charge in [-0.1, -0.05) is 86.5 Å². The summed E-state index contributed by atoms with van der Waals surface area (Å²) in [4.78, 5) is -0.0666. The van der Waals surface area contributed by atoms with Gasteiger partial charge in [0.2, 0.25) is 6.33 Å². The first-order valence-electron chi connectivity index (χ1n) is 12.5. The van der Waals surface area contributed by atoms with Crippen molar-refractivity contribution in [3.05, 3.63) is 108 Å². The van der Waals surface area contributed by atoms with Crippen LogP contribution >= 0.6 is 7.14 Å². The standard InChI is InChI=1S/C23H30N2OP.C7H8O3S/c1-18-14-19(2)22(20(3)15-18)25-13-12-24(16-25)17-27(26,23(4,5)6)21-10-8-7-9-11-21;1-6-2-4-7(5-3-6)11(8,9)10/h7-16H,17H2,1-6H3;2-5H,1H3,(H,8,9,10)/q+1;/t27-;/m1./s1. The molecular weight excluding hydrogens is 515 g/mol. The third-order valence-corrected chi connectivity index (χ3v) is 11.4. The van der Waals surface area contributed by atoms with Crippen LogP contribution in [-0.4, -0.2) is 22.7 Å². The lowest BCUT2D eigenvalue weighted by molar-refractivity contribution is -0.677. The molecule has 6 nitrogen and oxygen atoms in total. The molecule has 4 aromatic rings. The highest BCUT2D eigenvalue weighted by atomic mass is 32.2. The molecule has 1 N–H and O–H groups in total. The molecular formula is C30H38N2O4PS+. The molecule has 0 aliphatic heterocycles. The summed E-state index contributed by atoms with van der Waals surface area (Å²) in [5.41, 5.74) is 5.92. The molecule has 0 bridgehead atoms. The summed E-state index contributed by atoms with van der Waals surface area (Å²) in [5, 5.41) is 0.638. The van der Waals surface area contributed by atoms with E-state index in [0.29, 0.717) is 6.29 Å². The van der Waals surface area contributed by atoms with Gasteiger partial charge in [-0.3, -0.25) is 4.55 Å². The lowest BCUT2D eigenvalue weighted by Gasteiger charge is -2.30. The smallest absolute Gasteiger partial charge is 0.294 e. The Morgan fingerprint density at radius 1 is 0.868 bits per heavy atom. The summed E-state index contributed by atoms with van der Waals surface area (Å²) in [7, 11) is -6.66. The summed E-state index contributed by atoms with van der Waals surface area (Å²) in [5.74, 6) is 0. The number of aromatic nitrogens is 2. The maximum absolute atomic E-state index is 14.1. The number of rotatable bonds is 5. The molecule has 0 saturated heterocycles. The molecule has 1 atom stereocenters. The van der Waals surface area contributed by atoms with Gasteiger partial charge in [0.15, 0.2) is 7.14 Å². The van der Waals surface area contributed by atoms with E-state index < -0.39 is 17.3 Å². The van der Waals surface area contributed by atoms with Crippen molar-refractivity contribution < 1.29 is 22.1 Å². The van der Waals surface area contributed by atoms with Crippen molar-refractivity contribution in [2.45, 2.75) is 64.8 Å². The van der Waals surface area contributed by atoms with Crippen molar-refractivity contribution in [3.8, 4) is 5.69 Å². The number of aryl methyl sites for hydroxylation is 4. The summed E-state index contributed by atoms with van der Waals surface area (Å²) in [6, 6.07) is 20.3. The quantitative estimate of drug-likeness (QED) is 0.177. The normalized spacial score (nSPS) is 13.4. The van der Waals surface area contributed by atoms with Gasteiger partial charge in [0.05, 0.1) is 4.90 Å². The van der Waals surface area contributed by atoms with Crippen LogP contribution in [0, 0.1) is 27.7 Å². The lowest BCUT2D eigenvalue weighted by atomic mass is 10.1. The summed E-state index contributed by atoms with van der Waals surface area (Å²) < 4.78 is 47.9. The fraction of sp³-hybridized carbons (Fsp3) is 0.300. The van der Waals surface area contributed by atoms with Crippen molar-refractivity contribution in [1.29, 1.82) is 0 Å². The molecule has 202 valence electrons. The zero-order valence-electron chi connectivity index (χ0n) is 23.2. The number of hydrogen-bond acceptors (Lipinski definition) is 3. The van der Waals surface area contributed by atoms with E-state index in [1.807, 2.05) is 43.5 Å². The van der Waals surface area contributed by atoms with E-state index >= 15 is 0 Å². The van der Waals surface area contributed by atoms with Gasteiger partial charge in [-0.25, -0.2) is 9.13 Å². The van der Waals surface area contributed by atoms with Crippen molar-refractivity contribution in [1.82, 2.24) is 4.57 Å². The zero-order valence-corrected chi connectivity index (χ0v) is 24.9. The third-order valence-electron chi connectivity index (χ3n) is 6.52. The molecule has 8 heteroatoms. The van der Waals surface area contributed by atoms with Gasteiger partial charge < -0.3 is 4.57 Å². The van der Waals surface area contributed by atoms with Gasteiger partial charge in [-0.2, -0.15) is 8.42 Å². The fourth-order valence-electron chi connectivity index (χ4n) is 4.48. The summed E-state index contributed by atoms with van der Waals surface area (Å²) in [6.07, 6.45) is 6.65. The minimum absolute atomic E-state index is 0.0666. The van der Waals surface area contributed by atoms with E-state index in [-0.39, 0.29) is 10.1 Å². The molecule has 0 unspecified atom stereocenters. The third kappa shape index (κ3) is 6.90. The van der Waals surface area contributed by atoms with Crippen molar-refractivity contribution >= 4 is 22.6 Å². The van der Waals surface area contributed by atoms with E-state index in [4.69, 9.17) is 4.55 Å². The Hall–Kier alpha value is -2.99. The van der Waals surface area contributed by atoms with Crippen molar-refractivity contribution in [2.24, 2.45) is 0 Å². The summed E-state index contributed by atoms with van der Waals surface area (Å²) >= 11 is 0. The Kier molecular flexibility index (Phi) is 8.87. The van der Waals surface area contributed by atoms with E-state index in [2.05, 4.69) is 75.3 Å². The van der Waals surface area contributed by atoms with E-state index in [0.717, 1.165) is 10.9 Å². The molecule has 1 heterocycles. The largest absolute Gasteiger partial charge is 0.314 e. The minimum atomic E-state index is -4.02. The first kappa shape index (κ1) is 29.6. The van der Waals surface area contributed by atoms with Gasteiger partial charge in [0, 0.05) is 10.5 Å². The number of benzene rings is 3. The van der Waals surface area contributed by atoms with E-state index in [1.54, 1.807) is 12.1 Å². The van der Waals surface area contributed by atoms with Gasteiger partial charge in [0.1, 0.15) is 24.4 Å². The van der Waals surface area contributed by atoms with Crippen LogP contribution in [0.3, 0.4) is 0 Å². The van der Waals surface area contributed by atoms with E-state index in [1.165, 1.54) is 34.5 Å². The Morgan fingerprint density at radius 3 is 1.92 bits per heavy atom. The molecule has 38 heavy (non-hydrogen) atoms. The highest BCUT2D eigenvalue weighted by Crippen LogP contribution is 2.56. The highest BCUT2D eigenvalue weighted by molar-refractivity contribution is 7.85. The zero-order chi connectivity index (χ0) is 28.3. The number of imidazole rings is 1. The highest BCUT2D eigenvalue weighted by Gasteiger charge is 2.40. The van der Waals surface area contributed by atoms with Crippen LogP contribution in [0.5, 0.6) is 0 Å². The Balaban J connectivity index is 0.000000304. The number of hydrogen-bond donors (Lipinski definition) is 1.